The molecule has 0 saturated carbocycles. The van der Waals surface area contributed by atoms with Gasteiger partial charge in [0, 0.05) is 18.5 Å². The van der Waals surface area contributed by atoms with Crippen molar-refractivity contribution in [2.45, 2.75) is 38.6 Å². The van der Waals surface area contributed by atoms with Gasteiger partial charge in [0.1, 0.15) is 4.60 Å². The average Bonchev–Trinajstić information content (AvgIpc) is 2.30. The second-order valence-corrected chi connectivity index (χ2v) is 5.50. The van der Waals surface area contributed by atoms with Crippen LogP contribution in [0.25, 0.3) is 0 Å². The number of hydrogen-bond donors (Lipinski definition) is 0. The van der Waals surface area contributed by atoms with Gasteiger partial charge in [-0.25, -0.2) is 4.98 Å². The molecule has 1 aromatic heterocycles. The molecule has 0 amide bonds. The van der Waals surface area contributed by atoms with Crippen LogP contribution >= 0.6 is 15.9 Å². The van der Waals surface area contributed by atoms with Gasteiger partial charge in [-0.15, -0.1) is 0 Å². The Morgan fingerprint density at radius 3 is 2.81 bits per heavy atom. The Hall–Kier alpha value is -0.480. The minimum Gasteiger partial charge on any atom is -0.300 e. The minimum absolute atomic E-state index is 0.553. The van der Waals surface area contributed by atoms with Gasteiger partial charge in [0.25, 0.3) is 0 Å². The molecular weight excluding hydrogens is 266 g/mol. The van der Waals surface area contributed by atoms with Crippen molar-refractivity contribution in [1.82, 2.24) is 14.9 Å². The Kier molecular flexibility index (Phi) is 3.92. The van der Waals surface area contributed by atoms with Gasteiger partial charge in [0.15, 0.2) is 0 Å². The summed E-state index contributed by atoms with van der Waals surface area (Å²) in [7, 11) is 0. The van der Waals surface area contributed by atoms with E-state index in [4.69, 9.17) is 0 Å². The van der Waals surface area contributed by atoms with Crippen molar-refractivity contribution in [3.8, 4) is 0 Å². The largest absolute Gasteiger partial charge is 0.300 e. The smallest absolute Gasteiger partial charge is 0.124 e. The van der Waals surface area contributed by atoms with E-state index >= 15 is 0 Å². The van der Waals surface area contributed by atoms with Crippen molar-refractivity contribution in [3.05, 3.63) is 22.7 Å². The Bertz CT molecular complexity index is 337. The molecule has 16 heavy (non-hydrogen) atoms. The van der Waals surface area contributed by atoms with E-state index in [9.17, 15) is 0 Å². The van der Waals surface area contributed by atoms with Gasteiger partial charge in [0.2, 0.25) is 0 Å². The lowest BCUT2D eigenvalue weighted by atomic mass is 9.94. The van der Waals surface area contributed by atoms with E-state index < -0.39 is 0 Å². The predicted molar refractivity (Wildman–Crippen MR) is 68.4 cm³/mol. The first-order valence-corrected chi connectivity index (χ1v) is 6.67. The second kappa shape index (κ2) is 5.23. The van der Waals surface area contributed by atoms with Crippen LogP contribution in [0.15, 0.2) is 17.0 Å². The number of nitrogens with zero attached hydrogens (tertiary/aromatic N) is 3. The summed E-state index contributed by atoms with van der Waals surface area (Å²) in [5, 5.41) is 0. The van der Waals surface area contributed by atoms with Crippen LogP contribution in [0.1, 0.15) is 38.3 Å². The molecule has 0 aliphatic carbocycles. The molecule has 1 atom stereocenters. The zero-order chi connectivity index (χ0) is 11.5. The number of hydrogen-bond acceptors (Lipinski definition) is 3. The summed E-state index contributed by atoms with van der Waals surface area (Å²) in [5.41, 5.74) is 1.13. The standard InChI is InChI=1S/C12H18BrN3/c1-9(2)16-5-3-4-10(8-16)11-6-15-12(13)7-14-11/h6-7,9-10H,3-5,8H2,1-2H3. The fraction of sp³-hybridized carbons (Fsp3) is 0.667. The molecule has 2 heterocycles. The van der Waals surface area contributed by atoms with E-state index in [1.807, 2.05) is 6.20 Å². The molecule has 88 valence electrons. The van der Waals surface area contributed by atoms with Gasteiger partial charge in [-0.1, -0.05) is 0 Å². The van der Waals surface area contributed by atoms with Crippen LogP contribution in [-0.2, 0) is 0 Å². The number of piperidine rings is 1. The summed E-state index contributed by atoms with van der Waals surface area (Å²) in [4.78, 5) is 11.2. The van der Waals surface area contributed by atoms with Gasteiger partial charge in [-0.05, 0) is 49.2 Å². The van der Waals surface area contributed by atoms with Gasteiger partial charge in [-0.3, -0.25) is 4.98 Å². The maximum absolute atomic E-state index is 4.46. The first-order valence-electron chi connectivity index (χ1n) is 5.88. The van der Waals surface area contributed by atoms with Crippen molar-refractivity contribution >= 4 is 15.9 Å². The first kappa shape index (κ1) is 12.0. The molecule has 1 fully saturated rings. The maximum Gasteiger partial charge on any atom is 0.124 e. The zero-order valence-corrected chi connectivity index (χ0v) is 11.4. The van der Waals surface area contributed by atoms with E-state index in [-0.39, 0.29) is 0 Å². The van der Waals surface area contributed by atoms with Crippen LogP contribution in [0.4, 0.5) is 0 Å². The number of halogens is 1. The van der Waals surface area contributed by atoms with Crippen LogP contribution in [-0.4, -0.2) is 34.0 Å². The fourth-order valence-electron chi connectivity index (χ4n) is 2.25. The molecule has 0 spiro atoms. The highest BCUT2D eigenvalue weighted by molar-refractivity contribution is 9.10. The topological polar surface area (TPSA) is 29.0 Å². The number of likely N-dealkylation sites (tertiary alicyclic amines) is 1. The third-order valence-corrected chi connectivity index (χ3v) is 3.65. The molecule has 1 aliphatic heterocycles. The lowest BCUT2D eigenvalue weighted by Crippen LogP contribution is -2.39. The lowest BCUT2D eigenvalue weighted by molar-refractivity contribution is 0.166. The normalized spacial score (nSPS) is 22.6. The Morgan fingerprint density at radius 1 is 1.38 bits per heavy atom. The third kappa shape index (κ3) is 2.80. The molecule has 0 radical (unpaired) electrons. The Morgan fingerprint density at radius 2 is 2.19 bits per heavy atom. The second-order valence-electron chi connectivity index (χ2n) is 4.69. The van der Waals surface area contributed by atoms with Crippen molar-refractivity contribution in [3.63, 3.8) is 0 Å². The third-order valence-electron chi connectivity index (χ3n) is 3.24. The average molecular weight is 284 g/mol. The highest BCUT2D eigenvalue weighted by Gasteiger charge is 2.23. The zero-order valence-electron chi connectivity index (χ0n) is 9.86. The summed E-state index contributed by atoms with van der Waals surface area (Å²) in [6.45, 7) is 6.86. The van der Waals surface area contributed by atoms with E-state index in [0.717, 1.165) is 16.8 Å². The van der Waals surface area contributed by atoms with E-state index in [0.29, 0.717) is 12.0 Å². The highest BCUT2D eigenvalue weighted by Crippen LogP contribution is 2.26. The van der Waals surface area contributed by atoms with Crippen molar-refractivity contribution in [2.75, 3.05) is 13.1 Å². The Balaban J connectivity index is 2.06. The summed E-state index contributed by atoms with van der Waals surface area (Å²) in [6.07, 6.45) is 6.20. The maximum atomic E-state index is 4.46. The van der Waals surface area contributed by atoms with Crippen LogP contribution in [0, 0.1) is 0 Å². The molecule has 4 heteroatoms. The molecule has 1 aliphatic rings. The lowest BCUT2D eigenvalue weighted by Gasteiger charge is -2.35. The molecular formula is C12H18BrN3. The van der Waals surface area contributed by atoms with Crippen molar-refractivity contribution in [2.24, 2.45) is 0 Å². The molecule has 1 unspecified atom stereocenters. The summed E-state index contributed by atoms with van der Waals surface area (Å²) in [6, 6.07) is 0.631. The van der Waals surface area contributed by atoms with Crippen molar-refractivity contribution < 1.29 is 0 Å². The molecule has 0 bridgehead atoms. The van der Waals surface area contributed by atoms with Crippen molar-refractivity contribution in [1.29, 1.82) is 0 Å². The van der Waals surface area contributed by atoms with Gasteiger partial charge < -0.3 is 4.90 Å². The summed E-state index contributed by atoms with van der Waals surface area (Å²) >= 11 is 3.32. The van der Waals surface area contributed by atoms with E-state index in [1.54, 1.807) is 6.20 Å². The van der Waals surface area contributed by atoms with E-state index in [2.05, 4.69) is 44.6 Å². The van der Waals surface area contributed by atoms with Gasteiger partial charge in [-0.2, -0.15) is 0 Å². The number of aromatic nitrogens is 2. The quantitative estimate of drug-likeness (QED) is 0.836. The minimum atomic E-state index is 0.553. The van der Waals surface area contributed by atoms with Crippen LogP contribution in [0.5, 0.6) is 0 Å². The van der Waals surface area contributed by atoms with Gasteiger partial charge >= 0.3 is 0 Å². The Labute approximate surface area is 105 Å². The van der Waals surface area contributed by atoms with Crippen LogP contribution in [0.3, 0.4) is 0 Å². The molecule has 1 aromatic rings. The molecule has 0 aromatic carbocycles. The monoisotopic (exact) mass is 283 g/mol. The fourth-order valence-corrected chi connectivity index (χ4v) is 2.45. The van der Waals surface area contributed by atoms with Crippen LogP contribution in [0.2, 0.25) is 0 Å². The predicted octanol–water partition coefficient (Wildman–Crippen LogP) is 2.83. The molecule has 2 rings (SSSR count). The molecule has 3 nitrogen and oxygen atoms in total. The SMILES string of the molecule is CC(C)N1CCCC(c2cnc(Br)cn2)C1. The van der Waals surface area contributed by atoms with E-state index in [1.165, 1.54) is 19.4 Å². The summed E-state index contributed by atoms with van der Waals surface area (Å²) in [5.74, 6) is 0.553. The first-order chi connectivity index (χ1) is 7.66. The molecule has 1 saturated heterocycles. The van der Waals surface area contributed by atoms with Gasteiger partial charge in [0.05, 0.1) is 18.1 Å². The highest BCUT2D eigenvalue weighted by atomic mass is 79.9. The van der Waals surface area contributed by atoms with Crippen LogP contribution < -0.4 is 0 Å². The summed E-state index contributed by atoms with van der Waals surface area (Å²) < 4.78 is 0.813. The molecule has 0 N–H and O–H groups in total. The number of rotatable bonds is 2.